The Morgan fingerprint density at radius 3 is 2.36 bits per heavy atom. The van der Waals surface area contributed by atoms with Crippen LogP contribution in [-0.4, -0.2) is 41.3 Å². The molecule has 0 saturated carbocycles. The summed E-state index contributed by atoms with van der Waals surface area (Å²) in [5.74, 6) is 0.607. The van der Waals surface area contributed by atoms with Crippen LogP contribution in [0.4, 0.5) is 0 Å². The predicted octanol–water partition coefficient (Wildman–Crippen LogP) is 2.10. The third kappa shape index (κ3) is 4.29. The molecular formula is C17H25N3O2. The zero-order chi connectivity index (χ0) is 16.2. The normalized spacial score (nSPS) is 16.4. The summed E-state index contributed by atoms with van der Waals surface area (Å²) < 4.78 is 0. The molecule has 0 radical (unpaired) electrons. The molecule has 1 aliphatic rings. The van der Waals surface area contributed by atoms with Gasteiger partial charge < -0.3 is 10.2 Å². The van der Waals surface area contributed by atoms with Gasteiger partial charge in [-0.2, -0.15) is 0 Å². The van der Waals surface area contributed by atoms with Gasteiger partial charge in [-0.05, 0) is 30.9 Å². The number of hydrogen-bond acceptors (Lipinski definition) is 3. The Morgan fingerprint density at radius 1 is 1.23 bits per heavy atom. The minimum atomic E-state index is -0.349. The van der Waals surface area contributed by atoms with E-state index in [4.69, 9.17) is 0 Å². The molecule has 1 aromatic heterocycles. The first-order valence-corrected chi connectivity index (χ1v) is 7.85. The summed E-state index contributed by atoms with van der Waals surface area (Å²) in [6, 6.07) is 3.50. The Balaban J connectivity index is 1.79. The molecule has 5 nitrogen and oxygen atoms in total. The van der Waals surface area contributed by atoms with E-state index in [0.717, 1.165) is 25.9 Å². The van der Waals surface area contributed by atoms with Crippen molar-refractivity contribution in [2.75, 3.05) is 19.6 Å². The molecule has 0 spiro atoms. The van der Waals surface area contributed by atoms with E-state index >= 15 is 0 Å². The number of carbonyl (C=O) groups excluding carboxylic acids is 2. The lowest BCUT2D eigenvalue weighted by Gasteiger charge is -2.32. The highest BCUT2D eigenvalue weighted by Gasteiger charge is 2.26. The molecule has 1 aromatic rings. The van der Waals surface area contributed by atoms with Crippen LogP contribution in [0.2, 0.25) is 0 Å². The maximum absolute atomic E-state index is 12.3. The third-order valence-corrected chi connectivity index (χ3v) is 4.06. The van der Waals surface area contributed by atoms with E-state index in [1.807, 2.05) is 25.7 Å². The van der Waals surface area contributed by atoms with Crippen LogP contribution in [0.3, 0.4) is 0 Å². The maximum Gasteiger partial charge on any atom is 0.253 e. The van der Waals surface area contributed by atoms with Crippen LogP contribution < -0.4 is 5.32 Å². The number of likely N-dealkylation sites (tertiary alicyclic amines) is 1. The first-order chi connectivity index (χ1) is 10.4. The van der Waals surface area contributed by atoms with Crippen molar-refractivity contribution >= 4 is 11.8 Å². The van der Waals surface area contributed by atoms with Crippen molar-refractivity contribution < 1.29 is 9.59 Å². The van der Waals surface area contributed by atoms with E-state index in [1.165, 1.54) is 0 Å². The van der Waals surface area contributed by atoms with E-state index in [2.05, 4.69) is 10.3 Å². The molecule has 22 heavy (non-hydrogen) atoms. The van der Waals surface area contributed by atoms with Gasteiger partial charge in [-0.15, -0.1) is 0 Å². The van der Waals surface area contributed by atoms with Crippen LogP contribution in [0.25, 0.3) is 0 Å². The lowest BCUT2D eigenvalue weighted by Crippen LogP contribution is -2.43. The molecule has 5 heteroatoms. The van der Waals surface area contributed by atoms with Crippen molar-refractivity contribution in [3.63, 3.8) is 0 Å². The second kappa shape index (κ2) is 6.90. The molecule has 2 rings (SSSR count). The number of rotatable bonds is 3. The highest BCUT2D eigenvalue weighted by Crippen LogP contribution is 2.19. The largest absolute Gasteiger partial charge is 0.355 e. The first kappa shape index (κ1) is 16.5. The summed E-state index contributed by atoms with van der Waals surface area (Å²) in [6.45, 7) is 7.94. The monoisotopic (exact) mass is 303 g/mol. The number of pyridine rings is 1. The molecule has 0 aliphatic carbocycles. The minimum absolute atomic E-state index is 0.0691. The Hall–Kier alpha value is -1.91. The fourth-order valence-corrected chi connectivity index (χ4v) is 2.52. The van der Waals surface area contributed by atoms with Crippen molar-refractivity contribution in [2.45, 2.75) is 33.6 Å². The lowest BCUT2D eigenvalue weighted by molar-refractivity contribution is -0.128. The van der Waals surface area contributed by atoms with Crippen molar-refractivity contribution in [1.82, 2.24) is 15.2 Å². The molecule has 1 aliphatic heterocycles. The zero-order valence-electron chi connectivity index (χ0n) is 13.6. The van der Waals surface area contributed by atoms with Gasteiger partial charge in [0.05, 0.1) is 0 Å². The van der Waals surface area contributed by atoms with Gasteiger partial charge >= 0.3 is 0 Å². The van der Waals surface area contributed by atoms with E-state index in [-0.39, 0.29) is 17.2 Å². The number of carbonyl (C=O) groups is 2. The average Bonchev–Trinajstić information content (AvgIpc) is 2.52. The van der Waals surface area contributed by atoms with Gasteiger partial charge in [-0.25, -0.2) is 0 Å². The summed E-state index contributed by atoms with van der Waals surface area (Å²) >= 11 is 0. The second-order valence-electron chi connectivity index (χ2n) is 6.93. The minimum Gasteiger partial charge on any atom is -0.355 e. The van der Waals surface area contributed by atoms with Crippen molar-refractivity contribution in [2.24, 2.45) is 11.3 Å². The Morgan fingerprint density at radius 2 is 1.82 bits per heavy atom. The number of amides is 2. The maximum atomic E-state index is 12.3. The third-order valence-electron chi connectivity index (χ3n) is 4.06. The molecule has 0 aromatic carbocycles. The van der Waals surface area contributed by atoms with Gasteiger partial charge in [-0.1, -0.05) is 20.8 Å². The summed E-state index contributed by atoms with van der Waals surface area (Å²) in [5.41, 5.74) is 0.340. The number of nitrogens with zero attached hydrogens (tertiary/aromatic N) is 2. The van der Waals surface area contributed by atoms with E-state index in [9.17, 15) is 9.59 Å². The van der Waals surface area contributed by atoms with Gasteiger partial charge in [0.2, 0.25) is 5.91 Å². The Labute approximate surface area is 132 Å². The van der Waals surface area contributed by atoms with Crippen LogP contribution in [0.15, 0.2) is 24.5 Å². The van der Waals surface area contributed by atoms with Crippen LogP contribution in [-0.2, 0) is 4.79 Å². The molecule has 0 unspecified atom stereocenters. The SMILES string of the molecule is CC(C)(C)C(=O)NCC1CCN(C(=O)c2ccncc2)CC1. The van der Waals surface area contributed by atoms with E-state index < -0.39 is 0 Å². The van der Waals surface area contributed by atoms with E-state index in [0.29, 0.717) is 18.0 Å². The van der Waals surface area contributed by atoms with Crippen LogP contribution in [0, 0.1) is 11.3 Å². The van der Waals surface area contributed by atoms with Crippen molar-refractivity contribution in [3.8, 4) is 0 Å². The average molecular weight is 303 g/mol. The number of aromatic nitrogens is 1. The van der Waals surface area contributed by atoms with E-state index in [1.54, 1.807) is 24.5 Å². The lowest BCUT2D eigenvalue weighted by atomic mass is 9.93. The summed E-state index contributed by atoms with van der Waals surface area (Å²) in [7, 11) is 0. The molecule has 1 N–H and O–H groups in total. The molecule has 120 valence electrons. The molecule has 1 fully saturated rings. The van der Waals surface area contributed by atoms with Gasteiger partial charge in [0, 0.05) is 43.0 Å². The highest BCUT2D eigenvalue weighted by atomic mass is 16.2. The van der Waals surface area contributed by atoms with Crippen LogP contribution in [0.5, 0.6) is 0 Å². The fourth-order valence-electron chi connectivity index (χ4n) is 2.52. The molecule has 2 heterocycles. The van der Waals surface area contributed by atoms with Gasteiger partial charge in [0.15, 0.2) is 0 Å². The first-order valence-electron chi connectivity index (χ1n) is 7.85. The van der Waals surface area contributed by atoms with Crippen molar-refractivity contribution in [3.05, 3.63) is 30.1 Å². The molecule has 0 atom stereocenters. The summed E-state index contributed by atoms with van der Waals surface area (Å²) in [6.07, 6.45) is 5.15. The number of nitrogens with one attached hydrogen (secondary N) is 1. The van der Waals surface area contributed by atoms with Crippen LogP contribution >= 0.6 is 0 Å². The van der Waals surface area contributed by atoms with Gasteiger partial charge in [0.25, 0.3) is 5.91 Å². The number of hydrogen-bond donors (Lipinski definition) is 1. The quantitative estimate of drug-likeness (QED) is 0.930. The molecule has 0 bridgehead atoms. The fraction of sp³-hybridized carbons (Fsp3) is 0.588. The second-order valence-corrected chi connectivity index (χ2v) is 6.93. The van der Waals surface area contributed by atoms with Gasteiger partial charge in [0.1, 0.15) is 0 Å². The smallest absolute Gasteiger partial charge is 0.253 e. The molecule has 1 saturated heterocycles. The summed E-state index contributed by atoms with van der Waals surface area (Å²) in [5, 5.41) is 3.02. The Kier molecular flexibility index (Phi) is 5.16. The van der Waals surface area contributed by atoms with Crippen LogP contribution in [0.1, 0.15) is 44.0 Å². The number of piperidine rings is 1. The van der Waals surface area contributed by atoms with Crippen molar-refractivity contribution in [1.29, 1.82) is 0 Å². The topological polar surface area (TPSA) is 62.3 Å². The highest BCUT2D eigenvalue weighted by molar-refractivity contribution is 5.94. The zero-order valence-corrected chi connectivity index (χ0v) is 13.6. The van der Waals surface area contributed by atoms with Gasteiger partial charge in [-0.3, -0.25) is 14.6 Å². The predicted molar refractivity (Wildman–Crippen MR) is 85.3 cm³/mol. The summed E-state index contributed by atoms with van der Waals surface area (Å²) in [4.78, 5) is 30.0. The standard InChI is InChI=1S/C17H25N3O2/c1-17(2,3)16(22)19-12-13-6-10-20(11-7-13)15(21)14-4-8-18-9-5-14/h4-5,8-9,13H,6-7,10-12H2,1-3H3,(H,19,22). The molecular weight excluding hydrogens is 278 g/mol. The Bertz CT molecular complexity index is 514. The molecule has 2 amide bonds.